The third-order valence-corrected chi connectivity index (χ3v) is 3.62. The number of nitrogens with zero attached hydrogens (tertiary/aromatic N) is 3. The molecule has 0 saturated carbocycles. The largest absolute Gasteiger partial charge is 0.375 e. The number of benzene rings is 1. The molecule has 4 N–H and O–H groups in total. The van der Waals surface area contributed by atoms with Crippen molar-refractivity contribution in [2.24, 2.45) is 5.73 Å². The molecule has 2 heterocycles. The number of hydrazine groups is 1. The molecule has 0 aliphatic heterocycles. The maximum Gasteiger partial charge on any atom is 0.265 e. The third-order valence-electron chi connectivity index (χ3n) is 3.52. The molecule has 0 bridgehead atoms. The van der Waals surface area contributed by atoms with Gasteiger partial charge >= 0.3 is 0 Å². The molecule has 0 amide bonds. The van der Waals surface area contributed by atoms with Crippen molar-refractivity contribution in [1.82, 2.24) is 20.2 Å². The van der Waals surface area contributed by atoms with Crippen LogP contribution in [0.25, 0.3) is 22.9 Å². The minimum Gasteiger partial charge on any atom is -0.375 e. The Hall–Kier alpha value is -3.18. The lowest BCUT2D eigenvalue weighted by Crippen LogP contribution is -2.42. The van der Waals surface area contributed by atoms with Crippen molar-refractivity contribution in [1.29, 1.82) is 5.26 Å². The summed E-state index contributed by atoms with van der Waals surface area (Å²) in [5, 5.41) is 9.85. The van der Waals surface area contributed by atoms with Crippen LogP contribution < -0.4 is 27.4 Å². The molecule has 2 aromatic heterocycles. The van der Waals surface area contributed by atoms with Crippen molar-refractivity contribution in [3.8, 4) is 6.07 Å². The first-order valence-electron chi connectivity index (χ1n) is 6.69. The van der Waals surface area contributed by atoms with E-state index in [1.807, 2.05) is 12.1 Å². The first-order chi connectivity index (χ1) is 11.0. The number of para-hydroxylation sites is 2. The number of thiocarbonyl (C=S) groups is 1. The van der Waals surface area contributed by atoms with Gasteiger partial charge in [-0.2, -0.15) is 5.26 Å². The molecule has 0 aliphatic rings. The van der Waals surface area contributed by atoms with Gasteiger partial charge in [-0.3, -0.25) is 14.6 Å². The van der Waals surface area contributed by atoms with Gasteiger partial charge in [0, 0.05) is 6.20 Å². The molecule has 23 heavy (non-hydrogen) atoms. The van der Waals surface area contributed by atoms with Crippen LogP contribution >= 0.6 is 12.2 Å². The third kappa shape index (κ3) is 2.33. The molecule has 0 atom stereocenters. The van der Waals surface area contributed by atoms with Gasteiger partial charge in [-0.15, -0.1) is 0 Å². The Bertz CT molecular complexity index is 1100. The monoisotopic (exact) mass is 324 g/mol. The highest BCUT2D eigenvalue weighted by Gasteiger charge is 2.15. The zero-order valence-corrected chi connectivity index (χ0v) is 12.9. The summed E-state index contributed by atoms with van der Waals surface area (Å²) >= 11 is 4.69. The number of pyridine rings is 1. The van der Waals surface area contributed by atoms with Gasteiger partial charge in [0.25, 0.3) is 5.56 Å². The fourth-order valence-electron chi connectivity index (χ4n) is 2.47. The molecule has 7 nitrogen and oxygen atoms in total. The van der Waals surface area contributed by atoms with Crippen molar-refractivity contribution in [2.45, 2.75) is 6.92 Å². The van der Waals surface area contributed by atoms with Crippen molar-refractivity contribution in [2.75, 3.05) is 0 Å². The lowest BCUT2D eigenvalue weighted by Gasteiger charge is -2.04. The van der Waals surface area contributed by atoms with E-state index in [-0.39, 0.29) is 10.7 Å². The minimum absolute atomic E-state index is 0.0426. The normalized spacial score (nSPS) is 11.6. The Balaban J connectivity index is 2.42. The Morgan fingerprint density at radius 3 is 2.91 bits per heavy atom. The van der Waals surface area contributed by atoms with Gasteiger partial charge in [0.1, 0.15) is 6.07 Å². The Kier molecular flexibility index (Phi) is 3.56. The Labute approximate surface area is 136 Å². The minimum atomic E-state index is -0.276. The summed E-state index contributed by atoms with van der Waals surface area (Å²) in [6.45, 7) is 1.70. The maximum absolute atomic E-state index is 12.8. The van der Waals surface area contributed by atoms with Gasteiger partial charge in [0.2, 0.25) is 0 Å². The molecule has 0 unspecified atom stereocenters. The number of fused-ring (bicyclic) bond motifs is 3. The van der Waals surface area contributed by atoms with E-state index in [0.29, 0.717) is 33.0 Å². The van der Waals surface area contributed by atoms with E-state index < -0.39 is 0 Å². The number of rotatable bonds is 2. The van der Waals surface area contributed by atoms with E-state index in [1.165, 1.54) is 10.6 Å². The van der Waals surface area contributed by atoms with Gasteiger partial charge in [0.15, 0.2) is 10.8 Å². The number of hydrogen-bond acceptors (Lipinski definition) is 5. The molecule has 0 aliphatic carbocycles. The summed E-state index contributed by atoms with van der Waals surface area (Å²) < 4.78 is 1.44. The fourth-order valence-corrected chi connectivity index (χ4v) is 2.52. The highest BCUT2D eigenvalue weighted by Crippen LogP contribution is 2.17. The van der Waals surface area contributed by atoms with Crippen LogP contribution in [-0.4, -0.2) is 14.5 Å². The summed E-state index contributed by atoms with van der Waals surface area (Å²) in [4.78, 5) is 17.2. The SMILES string of the molecule is Cc1c(C#N)c2nc3ccccc3n2c(=O)/c1=C/NNC(N)=S. The second-order valence-corrected chi connectivity index (χ2v) is 5.31. The summed E-state index contributed by atoms with van der Waals surface area (Å²) in [6, 6.07) is 9.36. The van der Waals surface area contributed by atoms with Crippen molar-refractivity contribution >= 4 is 40.2 Å². The van der Waals surface area contributed by atoms with E-state index in [1.54, 1.807) is 19.1 Å². The molecule has 1 aromatic carbocycles. The van der Waals surface area contributed by atoms with Crippen LogP contribution in [-0.2, 0) is 0 Å². The topological polar surface area (TPSA) is 108 Å². The lowest BCUT2D eigenvalue weighted by molar-refractivity contribution is 0.861. The average molecular weight is 324 g/mol. The zero-order valence-electron chi connectivity index (χ0n) is 12.1. The van der Waals surface area contributed by atoms with Crippen LogP contribution in [0.5, 0.6) is 0 Å². The van der Waals surface area contributed by atoms with E-state index in [0.717, 1.165) is 0 Å². The predicted molar refractivity (Wildman–Crippen MR) is 91.2 cm³/mol. The number of hydrogen-bond donors (Lipinski definition) is 3. The smallest absolute Gasteiger partial charge is 0.265 e. The van der Waals surface area contributed by atoms with Crippen LogP contribution in [0.15, 0.2) is 29.1 Å². The van der Waals surface area contributed by atoms with Crippen LogP contribution in [0.2, 0.25) is 0 Å². The Morgan fingerprint density at radius 2 is 2.22 bits per heavy atom. The molecule has 3 rings (SSSR count). The molecule has 0 radical (unpaired) electrons. The van der Waals surface area contributed by atoms with Gasteiger partial charge in [-0.1, -0.05) is 12.1 Å². The standard InChI is InChI=1S/C15H12N6OS/c1-8-9(6-16)13-19-11-4-2-3-5-12(11)21(13)14(22)10(8)7-18-20-15(17)23/h2-5,7,18H,1H3,(H3,17,20,23)/b10-7+. The molecular weight excluding hydrogens is 312 g/mol. The van der Waals surface area contributed by atoms with Crippen LogP contribution in [0.3, 0.4) is 0 Å². The second kappa shape index (κ2) is 5.55. The molecule has 3 aromatic rings. The van der Waals surface area contributed by atoms with Crippen LogP contribution in [0, 0.1) is 18.3 Å². The van der Waals surface area contributed by atoms with Gasteiger partial charge in [0.05, 0.1) is 21.8 Å². The number of aromatic nitrogens is 2. The fraction of sp³-hybridized carbons (Fsp3) is 0.0667. The summed E-state index contributed by atoms with van der Waals surface area (Å²) in [5.41, 5.74) is 12.8. The van der Waals surface area contributed by atoms with Crippen molar-refractivity contribution in [3.63, 3.8) is 0 Å². The van der Waals surface area contributed by atoms with E-state index in [2.05, 4.69) is 21.9 Å². The van der Waals surface area contributed by atoms with E-state index >= 15 is 0 Å². The van der Waals surface area contributed by atoms with E-state index in [9.17, 15) is 10.1 Å². The molecule has 0 saturated heterocycles. The number of nitrogens with two attached hydrogens (primary N) is 1. The second-order valence-electron chi connectivity index (χ2n) is 4.87. The zero-order chi connectivity index (χ0) is 16.6. The predicted octanol–water partition coefficient (Wildman–Crippen LogP) is -0.178. The van der Waals surface area contributed by atoms with Crippen molar-refractivity contribution in [3.05, 3.63) is 51.0 Å². The average Bonchev–Trinajstić information content (AvgIpc) is 2.90. The first kappa shape index (κ1) is 14.7. The molecular formula is C15H12N6OS. The molecule has 0 spiro atoms. The first-order valence-corrected chi connectivity index (χ1v) is 7.10. The molecule has 114 valence electrons. The van der Waals surface area contributed by atoms with Gasteiger partial charge in [-0.25, -0.2) is 4.98 Å². The number of nitrogens with one attached hydrogen (secondary N) is 2. The highest BCUT2D eigenvalue weighted by atomic mass is 32.1. The Morgan fingerprint density at radius 1 is 1.48 bits per heavy atom. The summed E-state index contributed by atoms with van der Waals surface area (Å²) in [6.07, 6.45) is 1.44. The summed E-state index contributed by atoms with van der Waals surface area (Å²) in [5.74, 6) is 0. The number of nitriles is 1. The lowest BCUT2D eigenvalue weighted by atomic mass is 10.1. The molecule has 0 fully saturated rings. The quantitative estimate of drug-likeness (QED) is 0.443. The number of imidazole rings is 1. The molecule has 8 heteroatoms. The summed E-state index contributed by atoms with van der Waals surface area (Å²) in [7, 11) is 0. The van der Waals surface area contributed by atoms with Crippen LogP contribution in [0.4, 0.5) is 0 Å². The van der Waals surface area contributed by atoms with Crippen LogP contribution in [0.1, 0.15) is 11.1 Å². The van der Waals surface area contributed by atoms with E-state index in [4.69, 9.17) is 18.0 Å². The van der Waals surface area contributed by atoms with Gasteiger partial charge < -0.3 is 11.2 Å². The highest BCUT2D eigenvalue weighted by molar-refractivity contribution is 7.80. The van der Waals surface area contributed by atoms with Crippen molar-refractivity contribution < 1.29 is 0 Å². The van der Waals surface area contributed by atoms with Gasteiger partial charge in [-0.05, 0) is 36.8 Å². The maximum atomic E-state index is 12.8.